The summed E-state index contributed by atoms with van der Waals surface area (Å²) in [6.07, 6.45) is 1.75. The highest BCUT2D eigenvalue weighted by Gasteiger charge is 2.23. The van der Waals surface area contributed by atoms with E-state index in [4.69, 9.17) is 0 Å². The van der Waals surface area contributed by atoms with Crippen LogP contribution in [0.25, 0.3) is 10.9 Å². The molecule has 1 fully saturated rings. The van der Waals surface area contributed by atoms with Gasteiger partial charge in [0.25, 0.3) is 5.91 Å². The van der Waals surface area contributed by atoms with Crippen LogP contribution in [-0.2, 0) is 0 Å². The molecular weight excluding hydrogens is 274 g/mol. The van der Waals surface area contributed by atoms with Crippen LogP contribution < -0.4 is 0 Å². The van der Waals surface area contributed by atoms with Gasteiger partial charge in [-0.1, -0.05) is 32.0 Å². The van der Waals surface area contributed by atoms with E-state index in [2.05, 4.69) is 23.7 Å². The van der Waals surface area contributed by atoms with Gasteiger partial charge in [0.15, 0.2) is 0 Å². The molecule has 1 aromatic carbocycles. The number of aromatic nitrogens is 1. The second kappa shape index (κ2) is 6.44. The van der Waals surface area contributed by atoms with Crippen molar-refractivity contribution in [1.82, 2.24) is 14.8 Å². The monoisotopic (exact) mass is 297 g/mol. The number of piperazine rings is 1. The molecule has 4 heteroatoms. The molecule has 1 aliphatic rings. The van der Waals surface area contributed by atoms with Crippen LogP contribution in [0.1, 0.15) is 24.2 Å². The maximum absolute atomic E-state index is 12.8. The summed E-state index contributed by atoms with van der Waals surface area (Å²) in [5, 5.41) is 1.02. The van der Waals surface area contributed by atoms with Crippen molar-refractivity contribution in [3.63, 3.8) is 0 Å². The normalized spacial score (nSPS) is 16.4. The van der Waals surface area contributed by atoms with E-state index >= 15 is 0 Å². The largest absolute Gasteiger partial charge is 0.336 e. The fourth-order valence-electron chi connectivity index (χ4n) is 3.10. The number of hydrogen-bond donors (Lipinski definition) is 0. The maximum Gasteiger partial charge on any atom is 0.256 e. The summed E-state index contributed by atoms with van der Waals surface area (Å²) in [5.41, 5.74) is 1.52. The third kappa shape index (κ3) is 3.12. The average Bonchev–Trinajstić information content (AvgIpc) is 2.54. The highest BCUT2D eigenvalue weighted by Crippen LogP contribution is 2.18. The molecule has 116 valence electrons. The number of amides is 1. The molecule has 2 aromatic rings. The minimum Gasteiger partial charge on any atom is -0.336 e. The highest BCUT2D eigenvalue weighted by atomic mass is 16.2. The van der Waals surface area contributed by atoms with Crippen LogP contribution in [0.15, 0.2) is 36.5 Å². The molecule has 0 N–H and O–H groups in total. The van der Waals surface area contributed by atoms with Crippen molar-refractivity contribution in [3.05, 3.63) is 42.1 Å². The van der Waals surface area contributed by atoms with Gasteiger partial charge in [-0.2, -0.15) is 0 Å². The molecule has 0 unspecified atom stereocenters. The number of pyridine rings is 1. The summed E-state index contributed by atoms with van der Waals surface area (Å²) in [6, 6.07) is 9.73. The minimum absolute atomic E-state index is 0.105. The van der Waals surface area contributed by atoms with Crippen LogP contribution in [0.2, 0.25) is 0 Å². The molecule has 0 saturated carbocycles. The van der Waals surface area contributed by atoms with Gasteiger partial charge in [-0.05, 0) is 18.1 Å². The summed E-state index contributed by atoms with van der Waals surface area (Å²) < 4.78 is 0. The summed E-state index contributed by atoms with van der Waals surface area (Å²) in [5.74, 6) is 0.776. The van der Waals surface area contributed by atoms with Crippen molar-refractivity contribution in [2.75, 3.05) is 32.7 Å². The molecule has 2 heterocycles. The number of carbonyl (C=O) groups is 1. The van der Waals surface area contributed by atoms with Crippen molar-refractivity contribution < 1.29 is 4.79 Å². The number of rotatable bonds is 3. The number of carbonyl (C=O) groups excluding carboxylic acids is 1. The smallest absolute Gasteiger partial charge is 0.256 e. The fraction of sp³-hybridized carbons (Fsp3) is 0.444. The van der Waals surface area contributed by atoms with E-state index < -0.39 is 0 Å². The zero-order valence-electron chi connectivity index (χ0n) is 13.3. The van der Waals surface area contributed by atoms with Crippen LogP contribution in [0.4, 0.5) is 0 Å². The lowest BCUT2D eigenvalue weighted by Crippen LogP contribution is -2.49. The number of fused-ring (bicyclic) bond motifs is 1. The molecule has 0 atom stereocenters. The number of benzene rings is 1. The standard InChI is InChI=1S/C18H23N3O/c1-14(2)13-20-9-11-21(12-10-20)18(22)16-7-3-5-15-6-4-8-19-17(15)16/h3-8,14H,9-13H2,1-2H3. The molecule has 0 spiro atoms. The number of hydrogen-bond acceptors (Lipinski definition) is 3. The van der Waals surface area contributed by atoms with E-state index in [0.717, 1.165) is 49.2 Å². The van der Waals surface area contributed by atoms with Gasteiger partial charge in [0, 0.05) is 44.3 Å². The number of para-hydroxylation sites is 1. The number of nitrogens with zero attached hydrogens (tertiary/aromatic N) is 3. The molecule has 1 aromatic heterocycles. The predicted octanol–water partition coefficient (Wildman–Crippen LogP) is 2.65. The van der Waals surface area contributed by atoms with Crippen LogP contribution in [0.3, 0.4) is 0 Å². The molecule has 4 nitrogen and oxygen atoms in total. The third-order valence-electron chi connectivity index (χ3n) is 4.15. The molecule has 0 radical (unpaired) electrons. The molecule has 1 amide bonds. The summed E-state index contributed by atoms with van der Waals surface area (Å²) >= 11 is 0. The molecule has 0 aliphatic carbocycles. The van der Waals surface area contributed by atoms with Gasteiger partial charge < -0.3 is 4.90 Å². The molecule has 22 heavy (non-hydrogen) atoms. The fourth-order valence-corrected chi connectivity index (χ4v) is 3.10. The first-order chi connectivity index (χ1) is 10.6. The Kier molecular flexibility index (Phi) is 4.39. The lowest BCUT2D eigenvalue weighted by molar-refractivity contribution is 0.0625. The van der Waals surface area contributed by atoms with Crippen molar-refractivity contribution in [3.8, 4) is 0 Å². The van der Waals surface area contributed by atoms with Crippen LogP contribution >= 0.6 is 0 Å². The van der Waals surface area contributed by atoms with Crippen molar-refractivity contribution in [1.29, 1.82) is 0 Å². The molecule has 0 bridgehead atoms. The molecule has 3 rings (SSSR count). The van der Waals surface area contributed by atoms with Gasteiger partial charge in [0.1, 0.15) is 0 Å². The predicted molar refractivity (Wildman–Crippen MR) is 88.9 cm³/mol. The van der Waals surface area contributed by atoms with Gasteiger partial charge >= 0.3 is 0 Å². The van der Waals surface area contributed by atoms with Gasteiger partial charge in [-0.25, -0.2) is 0 Å². The van der Waals surface area contributed by atoms with Gasteiger partial charge in [-0.3, -0.25) is 14.7 Å². The van der Waals surface area contributed by atoms with Gasteiger partial charge in [-0.15, -0.1) is 0 Å². The van der Waals surface area contributed by atoms with Crippen molar-refractivity contribution in [2.45, 2.75) is 13.8 Å². The second-order valence-corrected chi connectivity index (χ2v) is 6.37. The first-order valence-electron chi connectivity index (χ1n) is 8.00. The third-order valence-corrected chi connectivity index (χ3v) is 4.15. The van der Waals surface area contributed by atoms with E-state index in [1.807, 2.05) is 35.2 Å². The summed E-state index contributed by atoms with van der Waals surface area (Å²) in [6.45, 7) is 9.10. The minimum atomic E-state index is 0.105. The Hall–Kier alpha value is -1.94. The Balaban J connectivity index is 1.74. The topological polar surface area (TPSA) is 36.4 Å². The first-order valence-corrected chi connectivity index (χ1v) is 8.00. The van der Waals surface area contributed by atoms with E-state index in [-0.39, 0.29) is 5.91 Å². The highest BCUT2D eigenvalue weighted by molar-refractivity contribution is 6.05. The van der Waals surface area contributed by atoms with Gasteiger partial charge in [0.2, 0.25) is 0 Å². The quantitative estimate of drug-likeness (QED) is 0.874. The Morgan fingerprint density at radius 1 is 1.14 bits per heavy atom. The summed E-state index contributed by atoms with van der Waals surface area (Å²) in [7, 11) is 0. The maximum atomic E-state index is 12.8. The Labute approximate surface area is 131 Å². The van der Waals surface area contributed by atoms with Crippen LogP contribution in [0, 0.1) is 5.92 Å². The second-order valence-electron chi connectivity index (χ2n) is 6.37. The first kappa shape index (κ1) is 15.0. The van der Waals surface area contributed by atoms with Gasteiger partial charge in [0.05, 0.1) is 11.1 Å². The summed E-state index contributed by atoms with van der Waals surface area (Å²) in [4.78, 5) is 21.6. The lowest BCUT2D eigenvalue weighted by atomic mass is 10.1. The molecule has 1 saturated heterocycles. The average molecular weight is 297 g/mol. The Morgan fingerprint density at radius 2 is 1.86 bits per heavy atom. The SMILES string of the molecule is CC(C)CN1CCN(C(=O)c2cccc3cccnc23)CC1. The lowest BCUT2D eigenvalue weighted by Gasteiger charge is -2.35. The van der Waals surface area contributed by atoms with E-state index in [0.29, 0.717) is 5.92 Å². The zero-order chi connectivity index (χ0) is 15.5. The Morgan fingerprint density at radius 3 is 2.59 bits per heavy atom. The Bertz CT molecular complexity index is 655. The van der Waals surface area contributed by atoms with Crippen LogP contribution in [0.5, 0.6) is 0 Å². The van der Waals surface area contributed by atoms with E-state index in [9.17, 15) is 4.79 Å². The van der Waals surface area contributed by atoms with E-state index in [1.54, 1.807) is 6.20 Å². The molecule has 1 aliphatic heterocycles. The van der Waals surface area contributed by atoms with Crippen molar-refractivity contribution >= 4 is 16.8 Å². The zero-order valence-corrected chi connectivity index (χ0v) is 13.3. The van der Waals surface area contributed by atoms with Crippen LogP contribution in [-0.4, -0.2) is 53.4 Å². The van der Waals surface area contributed by atoms with E-state index in [1.165, 1.54) is 0 Å². The van der Waals surface area contributed by atoms with Crippen molar-refractivity contribution in [2.24, 2.45) is 5.92 Å². The molecular formula is C18H23N3O.